The van der Waals surface area contributed by atoms with Crippen LogP contribution in [-0.4, -0.2) is 64.9 Å². The molecule has 0 unspecified atom stereocenters. The van der Waals surface area contributed by atoms with Crippen molar-refractivity contribution in [1.29, 1.82) is 0 Å². The van der Waals surface area contributed by atoms with Gasteiger partial charge in [-0.15, -0.1) is 0 Å². The Hall–Kier alpha value is -1.89. The highest BCUT2D eigenvalue weighted by Crippen LogP contribution is 2.23. The molecule has 2 aliphatic rings. The molecule has 2 aromatic rings. The average Bonchev–Trinajstić information content (AvgIpc) is 3.23. The molecule has 0 atom stereocenters. The highest BCUT2D eigenvalue weighted by molar-refractivity contribution is 6.30. The van der Waals surface area contributed by atoms with Gasteiger partial charge in [0.1, 0.15) is 6.26 Å². The molecule has 1 aliphatic carbocycles. The first-order valence-corrected chi connectivity index (χ1v) is 11.4. The number of nitrogens with zero attached hydrogens (tertiary/aromatic N) is 4. The number of halogens is 1. The van der Waals surface area contributed by atoms with Gasteiger partial charge in [-0.25, -0.2) is 4.98 Å². The van der Waals surface area contributed by atoms with Crippen molar-refractivity contribution in [3.63, 3.8) is 0 Å². The first-order chi connectivity index (χ1) is 14.6. The molecular formula is C23H31ClN4O2. The Balaban J connectivity index is 1.26. The fourth-order valence-corrected chi connectivity index (χ4v) is 4.70. The van der Waals surface area contributed by atoms with Crippen molar-refractivity contribution in [2.45, 2.75) is 51.2 Å². The molecule has 1 saturated carbocycles. The number of hydrogen-bond acceptors (Lipinski definition) is 5. The first-order valence-electron chi connectivity index (χ1n) is 11.0. The molecule has 2 fully saturated rings. The van der Waals surface area contributed by atoms with E-state index in [0.29, 0.717) is 24.2 Å². The molecule has 0 N–H and O–H groups in total. The van der Waals surface area contributed by atoms with E-state index in [1.54, 1.807) is 0 Å². The van der Waals surface area contributed by atoms with E-state index in [9.17, 15) is 4.79 Å². The fraction of sp³-hybridized carbons (Fsp3) is 0.565. The van der Waals surface area contributed by atoms with E-state index in [0.717, 1.165) is 50.6 Å². The SMILES string of the molecule is CN(C(=O)c1coc(CN2CCN(Cc3cccc(Cl)c3)CC2)n1)C1CCCCC1. The molecule has 0 bridgehead atoms. The van der Waals surface area contributed by atoms with Gasteiger partial charge in [0.15, 0.2) is 5.69 Å². The molecule has 6 nitrogen and oxygen atoms in total. The van der Waals surface area contributed by atoms with E-state index >= 15 is 0 Å². The Labute approximate surface area is 183 Å². The molecule has 30 heavy (non-hydrogen) atoms. The quantitative estimate of drug-likeness (QED) is 0.692. The highest BCUT2D eigenvalue weighted by Gasteiger charge is 2.26. The van der Waals surface area contributed by atoms with E-state index in [1.165, 1.54) is 31.1 Å². The minimum absolute atomic E-state index is 0.0248. The maximum absolute atomic E-state index is 12.8. The Kier molecular flexibility index (Phi) is 7.08. The predicted octanol–water partition coefficient (Wildman–Crippen LogP) is 4.05. The summed E-state index contributed by atoms with van der Waals surface area (Å²) in [6, 6.07) is 8.39. The number of carbonyl (C=O) groups excluding carboxylic acids is 1. The molecule has 0 radical (unpaired) electrons. The van der Waals surface area contributed by atoms with Gasteiger partial charge in [-0.05, 0) is 30.5 Å². The van der Waals surface area contributed by atoms with Crippen molar-refractivity contribution in [3.05, 3.63) is 52.7 Å². The number of rotatable bonds is 6. The van der Waals surface area contributed by atoms with E-state index in [4.69, 9.17) is 16.0 Å². The summed E-state index contributed by atoms with van der Waals surface area (Å²) in [6.07, 6.45) is 7.38. The van der Waals surface area contributed by atoms with Crippen LogP contribution < -0.4 is 0 Å². The minimum Gasteiger partial charge on any atom is -0.447 e. The van der Waals surface area contributed by atoms with Gasteiger partial charge in [0.05, 0.1) is 6.54 Å². The molecule has 1 amide bonds. The molecule has 4 rings (SSSR count). The van der Waals surface area contributed by atoms with Gasteiger partial charge in [0, 0.05) is 50.8 Å². The van der Waals surface area contributed by atoms with Crippen molar-refractivity contribution >= 4 is 17.5 Å². The van der Waals surface area contributed by atoms with Crippen LogP contribution in [0.25, 0.3) is 0 Å². The van der Waals surface area contributed by atoms with E-state index in [-0.39, 0.29) is 5.91 Å². The number of benzene rings is 1. The van der Waals surface area contributed by atoms with Crippen LogP contribution in [0.4, 0.5) is 0 Å². The Morgan fingerprint density at radius 2 is 1.83 bits per heavy atom. The molecule has 1 saturated heterocycles. The molecule has 1 aliphatic heterocycles. The highest BCUT2D eigenvalue weighted by atomic mass is 35.5. The Bertz CT molecular complexity index is 841. The van der Waals surface area contributed by atoms with Crippen LogP contribution in [0.2, 0.25) is 5.02 Å². The van der Waals surface area contributed by atoms with Gasteiger partial charge in [-0.3, -0.25) is 14.6 Å². The second-order valence-corrected chi connectivity index (χ2v) is 8.95. The lowest BCUT2D eigenvalue weighted by atomic mass is 9.94. The monoisotopic (exact) mass is 430 g/mol. The molecule has 1 aromatic heterocycles. The van der Waals surface area contributed by atoms with Crippen LogP contribution in [0.1, 0.15) is 54.0 Å². The third kappa shape index (κ3) is 5.42. The number of piperazine rings is 1. The van der Waals surface area contributed by atoms with Crippen LogP contribution >= 0.6 is 11.6 Å². The topological polar surface area (TPSA) is 52.8 Å². The summed E-state index contributed by atoms with van der Waals surface area (Å²) >= 11 is 6.09. The molecule has 0 spiro atoms. The van der Waals surface area contributed by atoms with Gasteiger partial charge >= 0.3 is 0 Å². The summed E-state index contributed by atoms with van der Waals surface area (Å²) in [4.78, 5) is 23.9. The molecule has 7 heteroatoms. The van der Waals surface area contributed by atoms with Crippen molar-refractivity contribution in [2.75, 3.05) is 33.2 Å². The number of aromatic nitrogens is 1. The summed E-state index contributed by atoms with van der Waals surface area (Å²) in [5.41, 5.74) is 1.67. The van der Waals surface area contributed by atoms with Crippen LogP contribution in [0, 0.1) is 0 Å². The summed E-state index contributed by atoms with van der Waals surface area (Å²) in [6.45, 7) is 5.44. The zero-order valence-electron chi connectivity index (χ0n) is 17.7. The third-order valence-corrected chi connectivity index (χ3v) is 6.57. The number of oxazole rings is 1. The molecular weight excluding hydrogens is 400 g/mol. The van der Waals surface area contributed by atoms with Crippen LogP contribution in [-0.2, 0) is 13.1 Å². The lowest BCUT2D eigenvalue weighted by Gasteiger charge is -2.34. The summed E-state index contributed by atoms with van der Waals surface area (Å²) in [5.74, 6) is 0.599. The van der Waals surface area contributed by atoms with Crippen molar-refractivity contribution < 1.29 is 9.21 Å². The lowest BCUT2D eigenvalue weighted by Crippen LogP contribution is -2.45. The number of amides is 1. The van der Waals surface area contributed by atoms with E-state index < -0.39 is 0 Å². The van der Waals surface area contributed by atoms with Crippen molar-refractivity contribution in [1.82, 2.24) is 19.7 Å². The van der Waals surface area contributed by atoms with E-state index in [1.807, 2.05) is 30.1 Å². The average molecular weight is 431 g/mol. The molecule has 162 valence electrons. The zero-order chi connectivity index (χ0) is 20.9. The van der Waals surface area contributed by atoms with Gasteiger partial charge < -0.3 is 9.32 Å². The summed E-state index contributed by atoms with van der Waals surface area (Å²) < 4.78 is 5.63. The number of carbonyl (C=O) groups is 1. The van der Waals surface area contributed by atoms with Crippen LogP contribution in [0.15, 0.2) is 34.9 Å². The minimum atomic E-state index is -0.0248. The van der Waals surface area contributed by atoms with Crippen molar-refractivity contribution in [2.24, 2.45) is 0 Å². The van der Waals surface area contributed by atoms with Gasteiger partial charge in [-0.2, -0.15) is 0 Å². The Morgan fingerprint density at radius 3 is 2.53 bits per heavy atom. The van der Waals surface area contributed by atoms with Gasteiger partial charge in [-0.1, -0.05) is 43.0 Å². The molecule has 1 aromatic carbocycles. The maximum atomic E-state index is 12.8. The smallest absolute Gasteiger partial charge is 0.275 e. The van der Waals surface area contributed by atoms with Crippen LogP contribution in [0.3, 0.4) is 0 Å². The summed E-state index contributed by atoms with van der Waals surface area (Å²) in [5, 5.41) is 0.787. The number of hydrogen-bond donors (Lipinski definition) is 0. The van der Waals surface area contributed by atoms with E-state index in [2.05, 4.69) is 20.9 Å². The fourth-order valence-electron chi connectivity index (χ4n) is 4.49. The Morgan fingerprint density at radius 1 is 1.13 bits per heavy atom. The maximum Gasteiger partial charge on any atom is 0.275 e. The standard InChI is InChI=1S/C23H31ClN4O2/c1-26(20-8-3-2-4-9-20)23(29)21-17-30-22(25-21)16-28-12-10-27(11-13-28)15-18-6-5-7-19(24)14-18/h5-7,14,17,20H,2-4,8-13,15-16H2,1H3. The lowest BCUT2D eigenvalue weighted by molar-refractivity contribution is 0.0690. The second-order valence-electron chi connectivity index (χ2n) is 8.52. The van der Waals surface area contributed by atoms with Gasteiger partial charge in [0.2, 0.25) is 5.89 Å². The second kappa shape index (κ2) is 9.94. The predicted molar refractivity (Wildman–Crippen MR) is 117 cm³/mol. The molecule has 2 heterocycles. The van der Waals surface area contributed by atoms with Gasteiger partial charge in [0.25, 0.3) is 5.91 Å². The zero-order valence-corrected chi connectivity index (χ0v) is 18.5. The van der Waals surface area contributed by atoms with Crippen LogP contribution in [0.5, 0.6) is 0 Å². The third-order valence-electron chi connectivity index (χ3n) is 6.33. The van der Waals surface area contributed by atoms with Crippen molar-refractivity contribution in [3.8, 4) is 0 Å². The normalized spacial score (nSPS) is 19.1. The summed E-state index contributed by atoms with van der Waals surface area (Å²) in [7, 11) is 1.89. The first kappa shape index (κ1) is 21.3. The largest absolute Gasteiger partial charge is 0.447 e.